The Morgan fingerprint density at radius 3 is 2.45 bits per heavy atom. The molecule has 0 radical (unpaired) electrons. The second-order valence-corrected chi connectivity index (χ2v) is 4.65. The van der Waals surface area contributed by atoms with Crippen molar-refractivity contribution in [2.75, 3.05) is 19.4 Å². The summed E-state index contributed by atoms with van der Waals surface area (Å²) in [5.41, 5.74) is -0.978. The Morgan fingerprint density at radius 2 is 2.00 bits per heavy atom. The van der Waals surface area contributed by atoms with E-state index >= 15 is 0 Å². The van der Waals surface area contributed by atoms with Gasteiger partial charge in [0, 0.05) is 20.1 Å². The van der Waals surface area contributed by atoms with Crippen LogP contribution in [0.2, 0.25) is 0 Å². The van der Waals surface area contributed by atoms with Crippen molar-refractivity contribution in [3.8, 4) is 0 Å². The van der Waals surface area contributed by atoms with Gasteiger partial charge in [-0.2, -0.15) is 13.2 Å². The third-order valence-corrected chi connectivity index (χ3v) is 3.42. The van der Waals surface area contributed by atoms with E-state index in [9.17, 15) is 18.0 Å². The SMILES string of the molecule is CCC(C)N(C)C(=O)c1cccc(C(F)(F)F)c1NC. The number of hydrogen-bond donors (Lipinski definition) is 1. The molecule has 0 spiro atoms. The van der Waals surface area contributed by atoms with Crippen molar-refractivity contribution in [3.63, 3.8) is 0 Å². The minimum atomic E-state index is -4.50. The number of carbonyl (C=O) groups is 1. The number of carbonyl (C=O) groups excluding carboxylic acids is 1. The zero-order valence-corrected chi connectivity index (χ0v) is 12.0. The highest BCUT2D eigenvalue weighted by Gasteiger charge is 2.35. The lowest BCUT2D eigenvalue weighted by Gasteiger charge is -2.25. The van der Waals surface area contributed by atoms with E-state index in [0.717, 1.165) is 12.5 Å². The van der Waals surface area contributed by atoms with Gasteiger partial charge >= 0.3 is 6.18 Å². The quantitative estimate of drug-likeness (QED) is 0.917. The third kappa shape index (κ3) is 3.23. The van der Waals surface area contributed by atoms with E-state index in [2.05, 4.69) is 5.32 Å². The minimum Gasteiger partial charge on any atom is -0.387 e. The fourth-order valence-corrected chi connectivity index (χ4v) is 1.90. The van der Waals surface area contributed by atoms with Gasteiger partial charge in [-0.1, -0.05) is 13.0 Å². The van der Waals surface area contributed by atoms with Crippen molar-refractivity contribution >= 4 is 11.6 Å². The first-order valence-electron chi connectivity index (χ1n) is 6.39. The van der Waals surface area contributed by atoms with Crippen molar-refractivity contribution in [2.45, 2.75) is 32.5 Å². The number of rotatable bonds is 4. The van der Waals surface area contributed by atoms with Crippen LogP contribution in [0.25, 0.3) is 0 Å². The molecule has 0 saturated carbocycles. The Labute approximate surface area is 116 Å². The number of nitrogens with one attached hydrogen (secondary N) is 1. The van der Waals surface area contributed by atoms with Crippen LogP contribution in [0.4, 0.5) is 18.9 Å². The van der Waals surface area contributed by atoms with E-state index in [1.54, 1.807) is 7.05 Å². The summed E-state index contributed by atoms with van der Waals surface area (Å²) >= 11 is 0. The summed E-state index contributed by atoms with van der Waals surface area (Å²) in [6.45, 7) is 3.77. The van der Waals surface area contributed by atoms with Crippen LogP contribution >= 0.6 is 0 Å². The lowest BCUT2D eigenvalue weighted by molar-refractivity contribution is -0.136. The van der Waals surface area contributed by atoms with E-state index < -0.39 is 17.6 Å². The molecule has 112 valence electrons. The summed E-state index contributed by atoms with van der Waals surface area (Å²) in [7, 11) is 2.97. The zero-order chi connectivity index (χ0) is 15.5. The molecule has 6 heteroatoms. The molecular weight excluding hydrogens is 269 g/mol. The van der Waals surface area contributed by atoms with E-state index in [4.69, 9.17) is 0 Å². The highest BCUT2D eigenvalue weighted by molar-refractivity contribution is 6.00. The van der Waals surface area contributed by atoms with Gasteiger partial charge in [0.2, 0.25) is 0 Å². The maximum Gasteiger partial charge on any atom is 0.418 e. The first kappa shape index (κ1) is 16.3. The molecule has 0 bridgehead atoms. The predicted molar refractivity (Wildman–Crippen MR) is 72.8 cm³/mol. The average molecular weight is 288 g/mol. The van der Waals surface area contributed by atoms with Crippen molar-refractivity contribution in [2.24, 2.45) is 0 Å². The van der Waals surface area contributed by atoms with Crippen LogP contribution in [-0.4, -0.2) is 30.9 Å². The number of alkyl halides is 3. The van der Waals surface area contributed by atoms with Crippen LogP contribution in [0.3, 0.4) is 0 Å². The van der Waals surface area contributed by atoms with E-state index in [1.165, 1.54) is 24.1 Å². The Bertz CT molecular complexity index is 486. The Hall–Kier alpha value is -1.72. The van der Waals surface area contributed by atoms with Gasteiger partial charge in [-0.05, 0) is 25.5 Å². The van der Waals surface area contributed by atoms with Gasteiger partial charge in [0.05, 0.1) is 16.8 Å². The van der Waals surface area contributed by atoms with Crippen molar-refractivity contribution in [1.82, 2.24) is 4.90 Å². The van der Waals surface area contributed by atoms with Crippen molar-refractivity contribution < 1.29 is 18.0 Å². The Balaban J connectivity index is 3.29. The largest absolute Gasteiger partial charge is 0.418 e. The van der Waals surface area contributed by atoms with Gasteiger partial charge in [0.15, 0.2) is 0 Å². The summed E-state index contributed by atoms with van der Waals surface area (Å²) in [6, 6.07) is 3.58. The summed E-state index contributed by atoms with van der Waals surface area (Å²) in [6.07, 6.45) is -3.76. The molecule has 1 aromatic carbocycles. The lowest BCUT2D eigenvalue weighted by Crippen LogP contribution is -2.35. The summed E-state index contributed by atoms with van der Waals surface area (Å²) < 4.78 is 38.8. The number of para-hydroxylation sites is 1. The van der Waals surface area contributed by atoms with Gasteiger partial charge in [0.1, 0.15) is 0 Å². The number of nitrogens with zero attached hydrogens (tertiary/aromatic N) is 1. The Kier molecular flexibility index (Phi) is 5.03. The van der Waals surface area contributed by atoms with Crippen LogP contribution in [0.15, 0.2) is 18.2 Å². The first-order chi connectivity index (χ1) is 9.23. The summed E-state index contributed by atoms with van der Waals surface area (Å²) in [4.78, 5) is 13.8. The van der Waals surface area contributed by atoms with E-state index in [-0.39, 0.29) is 17.3 Å². The molecule has 1 unspecified atom stereocenters. The number of halogens is 3. The molecule has 1 N–H and O–H groups in total. The molecule has 0 fully saturated rings. The summed E-state index contributed by atoms with van der Waals surface area (Å²) in [5.74, 6) is -0.421. The third-order valence-electron chi connectivity index (χ3n) is 3.42. The van der Waals surface area contributed by atoms with Crippen LogP contribution in [-0.2, 0) is 6.18 Å². The molecule has 0 heterocycles. The molecule has 1 rings (SSSR count). The van der Waals surface area contributed by atoms with Crippen LogP contribution in [0, 0.1) is 0 Å². The van der Waals surface area contributed by atoms with Crippen LogP contribution < -0.4 is 5.32 Å². The molecule has 0 aliphatic rings. The summed E-state index contributed by atoms with van der Waals surface area (Å²) in [5, 5.41) is 2.50. The normalized spacial score (nSPS) is 12.9. The standard InChI is InChI=1S/C14H19F3N2O/c1-5-9(2)19(4)13(20)10-7-6-8-11(12(10)18-3)14(15,16)17/h6-9,18H,5H2,1-4H3. The number of anilines is 1. The second-order valence-electron chi connectivity index (χ2n) is 4.65. The highest BCUT2D eigenvalue weighted by atomic mass is 19.4. The van der Waals surface area contributed by atoms with Crippen LogP contribution in [0.1, 0.15) is 36.2 Å². The molecule has 1 atom stereocenters. The molecule has 0 saturated heterocycles. The smallest absolute Gasteiger partial charge is 0.387 e. The van der Waals surface area contributed by atoms with Gasteiger partial charge < -0.3 is 10.2 Å². The predicted octanol–water partition coefficient (Wildman–Crippen LogP) is 3.62. The number of benzene rings is 1. The lowest BCUT2D eigenvalue weighted by atomic mass is 10.0. The topological polar surface area (TPSA) is 32.3 Å². The fourth-order valence-electron chi connectivity index (χ4n) is 1.90. The molecule has 0 aliphatic heterocycles. The van der Waals surface area contributed by atoms with Crippen molar-refractivity contribution in [1.29, 1.82) is 0 Å². The minimum absolute atomic E-state index is 0.0325. The Morgan fingerprint density at radius 1 is 1.40 bits per heavy atom. The number of hydrogen-bond acceptors (Lipinski definition) is 2. The zero-order valence-electron chi connectivity index (χ0n) is 12.0. The maximum atomic E-state index is 12.9. The first-order valence-corrected chi connectivity index (χ1v) is 6.39. The van der Waals surface area contributed by atoms with Gasteiger partial charge in [-0.3, -0.25) is 4.79 Å². The van der Waals surface area contributed by atoms with Gasteiger partial charge in [0.25, 0.3) is 5.91 Å². The molecule has 1 amide bonds. The molecular formula is C14H19F3N2O. The highest BCUT2D eigenvalue weighted by Crippen LogP contribution is 2.36. The monoisotopic (exact) mass is 288 g/mol. The van der Waals surface area contributed by atoms with Gasteiger partial charge in [-0.25, -0.2) is 0 Å². The van der Waals surface area contributed by atoms with Crippen LogP contribution in [0.5, 0.6) is 0 Å². The van der Waals surface area contributed by atoms with Crippen molar-refractivity contribution in [3.05, 3.63) is 29.3 Å². The molecule has 0 aromatic heterocycles. The van der Waals surface area contributed by atoms with E-state index in [0.29, 0.717) is 0 Å². The number of amides is 1. The molecule has 1 aromatic rings. The second kappa shape index (κ2) is 6.15. The van der Waals surface area contributed by atoms with Gasteiger partial charge in [-0.15, -0.1) is 0 Å². The van der Waals surface area contributed by atoms with E-state index in [1.807, 2.05) is 13.8 Å². The molecule has 3 nitrogen and oxygen atoms in total. The maximum absolute atomic E-state index is 12.9. The fraction of sp³-hybridized carbons (Fsp3) is 0.500. The average Bonchev–Trinajstić information content (AvgIpc) is 2.42. The molecule has 0 aliphatic carbocycles. The molecule has 20 heavy (non-hydrogen) atoms.